The van der Waals surface area contributed by atoms with Crippen LogP contribution in [0.2, 0.25) is 0 Å². The Morgan fingerprint density at radius 1 is 1.13 bits per heavy atom. The molecule has 3 rings (SSSR count). The monoisotopic (exact) mass is 313 g/mol. The van der Waals surface area contributed by atoms with Gasteiger partial charge in [0.2, 0.25) is 0 Å². The normalized spacial score (nSPS) is 14.6. The van der Waals surface area contributed by atoms with Gasteiger partial charge in [-0.05, 0) is 12.1 Å². The van der Waals surface area contributed by atoms with Crippen LogP contribution >= 0.6 is 0 Å². The van der Waals surface area contributed by atoms with E-state index < -0.39 is 0 Å². The van der Waals surface area contributed by atoms with Gasteiger partial charge < -0.3 is 19.9 Å². The molecule has 0 spiro atoms. The molecule has 0 unspecified atom stereocenters. The molecule has 0 radical (unpaired) electrons. The zero-order valence-electron chi connectivity index (χ0n) is 13.5. The van der Waals surface area contributed by atoms with Crippen molar-refractivity contribution in [1.82, 2.24) is 15.3 Å². The SMILES string of the molecule is CN(CCOc1ccccc1)c1nccnc1N1CCNCC1. The van der Waals surface area contributed by atoms with Gasteiger partial charge in [0.15, 0.2) is 11.6 Å². The minimum atomic E-state index is 0.609. The number of nitrogens with zero attached hydrogens (tertiary/aromatic N) is 4. The number of nitrogens with one attached hydrogen (secondary N) is 1. The number of para-hydroxylation sites is 1. The van der Waals surface area contributed by atoms with Crippen LogP contribution in [0.3, 0.4) is 0 Å². The zero-order valence-corrected chi connectivity index (χ0v) is 13.5. The first-order chi connectivity index (χ1) is 11.3. The largest absolute Gasteiger partial charge is 0.492 e. The third kappa shape index (κ3) is 4.10. The van der Waals surface area contributed by atoms with Crippen LogP contribution in [0.5, 0.6) is 5.75 Å². The highest BCUT2D eigenvalue weighted by Crippen LogP contribution is 2.23. The number of piperazine rings is 1. The molecule has 1 fully saturated rings. The van der Waals surface area contributed by atoms with Crippen molar-refractivity contribution in [2.24, 2.45) is 0 Å². The van der Waals surface area contributed by atoms with Crippen molar-refractivity contribution in [1.29, 1.82) is 0 Å². The van der Waals surface area contributed by atoms with Gasteiger partial charge in [0.25, 0.3) is 0 Å². The van der Waals surface area contributed by atoms with E-state index in [4.69, 9.17) is 4.74 Å². The topological polar surface area (TPSA) is 53.5 Å². The van der Waals surface area contributed by atoms with E-state index in [2.05, 4.69) is 25.1 Å². The van der Waals surface area contributed by atoms with Crippen LogP contribution in [-0.2, 0) is 0 Å². The van der Waals surface area contributed by atoms with Crippen molar-refractivity contribution >= 4 is 11.6 Å². The third-order valence-corrected chi connectivity index (χ3v) is 3.88. The summed E-state index contributed by atoms with van der Waals surface area (Å²) < 4.78 is 5.77. The molecule has 1 aliphatic rings. The van der Waals surface area contributed by atoms with E-state index >= 15 is 0 Å². The Morgan fingerprint density at radius 3 is 2.65 bits per heavy atom. The van der Waals surface area contributed by atoms with Crippen LogP contribution in [0, 0.1) is 0 Å². The summed E-state index contributed by atoms with van der Waals surface area (Å²) in [5.74, 6) is 2.75. The van der Waals surface area contributed by atoms with Crippen LogP contribution in [0.15, 0.2) is 42.7 Å². The molecule has 0 atom stereocenters. The first-order valence-electron chi connectivity index (χ1n) is 8.00. The zero-order chi connectivity index (χ0) is 15.9. The summed E-state index contributed by atoms with van der Waals surface area (Å²) >= 11 is 0. The first kappa shape index (κ1) is 15.6. The van der Waals surface area contributed by atoms with E-state index in [0.717, 1.165) is 50.1 Å². The highest BCUT2D eigenvalue weighted by molar-refractivity contribution is 5.62. The molecule has 122 valence electrons. The molecule has 1 N–H and O–H groups in total. The number of rotatable bonds is 6. The molecule has 0 bridgehead atoms. The highest BCUT2D eigenvalue weighted by Gasteiger charge is 2.18. The fourth-order valence-electron chi connectivity index (χ4n) is 2.62. The molecule has 0 aliphatic carbocycles. The molecule has 2 aromatic rings. The second-order valence-corrected chi connectivity index (χ2v) is 5.52. The summed E-state index contributed by atoms with van der Waals surface area (Å²) in [6, 6.07) is 9.87. The first-order valence-corrected chi connectivity index (χ1v) is 8.00. The van der Waals surface area contributed by atoms with Crippen LogP contribution in [-0.4, -0.2) is 56.3 Å². The van der Waals surface area contributed by atoms with Gasteiger partial charge in [0.05, 0.1) is 6.54 Å². The lowest BCUT2D eigenvalue weighted by Gasteiger charge is -2.31. The van der Waals surface area contributed by atoms with E-state index in [-0.39, 0.29) is 0 Å². The maximum atomic E-state index is 5.77. The van der Waals surface area contributed by atoms with E-state index in [0.29, 0.717) is 6.61 Å². The van der Waals surface area contributed by atoms with Crippen molar-refractivity contribution < 1.29 is 4.74 Å². The van der Waals surface area contributed by atoms with Crippen molar-refractivity contribution in [2.75, 3.05) is 56.2 Å². The number of hydrogen-bond acceptors (Lipinski definition) is 6. The Kier molecular flexibility index (Phi) is 5.26. The fraction of sp³-hybridized carbons (Fsp3) is 0.412. The Morgan fingerprint density at radius 2 is 1.87 bits per heavy atom. The number of benzene rings is 1. The lowest BCUT2D eigenvalue weighted by molar-refractivity contribution is 0.325. The molecule has 1 saturated heterocycles. The number of aromatic nitrogens is 2. The second kappa shape index (κ2) is 7.78. The maximum absolute atomic E-state index is 5.77. The van der Waals surface area contributed by atoms with Gasteiger partial charge in [0, 0.05) is 45.6 Å². The Balaban J connectivity index is 1.61. The molecule has 1 aromatic heterocycles. The van der Waals surface area contributed by atoms with Crippen LogP contribution in [0.4, 0.5) is 11.6 Å². The highest BCUT2D eigenvalue weighted by atomic mass is 16.5. The Hall–Kier alpha value is -2.34. The number of ether oxygens (including phenoxy) is 1. The Labute approximate surface area is 137 Å². The molecular weight excluding hydrogens is 290 g/mol. The lowest BCUT2D eigenvalue weighted by atomic mass is 10.3. The lowest BCUT2D eigenvalue weighted by Crippen LogP contribution is -2.44. The molecule has 23 heavy (non-hydrogen) atoms. The van der Waals surface area contributed by atoms with Crippen molar-refractivity contribution in [3.63, 3.8) is 0 Å². The molecular formula is C17H23N5O. The molecule has 6 nitrogen and oxygen atoms in total. The minimum absolute atomic E-state index is 0.609. The summed E-state index contributed by atoms with van der Waals surface area (Å²) in [4.78, 5) is 13.5. The van der Waals surface area contributed by atoms with Crippen molar-refractivity contribution in [3.8, 4) is 5.75 Å². The number of anilines is 2. The average Bonchev–Trinajstić information content (AvgIpc) is 2.63. The van der Waals surface area contributed by atoms with Crippen LogP contribution in [0.1, 0.15) is 0 Å². The van der Waals surface area contributed by atoms with Gasteiger partial charge in [-0.25, -0.2) is 9.97 Å². The molecule has 0 amide bonds. The van der Waals surface area contributed by atoms with Gasteiger partial charge in [-0.15, -0.1) is 0 Å². The summed E-state index contributed by atoms with van der Waals surface area (Å²) in [5, 5.41) is 3.36. The smallest absolute Gasteiger partial charge is 0.172 e. The van der Waals surface area contributed by atoms with Gasteiger partial charge in [-0.3, -0.25) is 0 Å². The van der Waals surface area contributed by atoms with E-state index in [1.54, 1.807) is 12.4 Å². The summed E-state index contributed by atoms with van der Waals surface area (Å²) in [6.07, 6.45) is 3.50. The summed E-state index contributed by atoms with van der Waals surface area (Å²) in [5.41, 5.74) is 0. The second-order valence-electron chi connectivity index (χ2n) is 5.52. The molecule has 6 heteroatoms. The molecule has 2 heterocycles. The van der Waals surface area contributed by atoms with Gasteiger partial charge >= 0.3 is 0 Å². The third-order valence-electron chi connectivity index (χ3n) is 3.88. The standard InChI is InChI=1S/C17H23N5O/c1-21(13-14-23-15-5-3-2-4-6-15)16-17(20-8-7-19-16)22-11-9-18-10-12-22/h2-8,18H,9-14H2,1H3. The molecule has 0 saturated carbocycles. The van der Waals surface area contributed by atoms with E-state index in [9.17, 15) is 0 Å². The van der Waals surface area contributed by atoms with Crippen molar-refractivity contribution in [3.05, 3.63) is 42.7 Å². The van der Waals surface area contributed by atoms with E-state index in [1.165, 1.54) is 0 Å². The predicted octanol–water partition coefficient (Wildman–Crippen LogP) is 1.40. The average molecular weight is 313 g/mol. The molecule has 1 aliphatic heterocycles. The quantitative estimate of drug-likeness (QED) is 0.870. The molecule has 1 aromatic carbocycles. The van der Waals surface area contributed by atoms with Crippen LogP contribution < -0.4 is 19.9 Å². The van der Waals surface area contributed by atoms with Gasteiger partial charge in [-0.1, -0.05) is 18.2 Å². The van der Waals surface area contributed by atoms with Gasteiger partial charge in [0.1, 0.15) is 12.4 Å². The maximum Gasteiger partial charge on any atom is 0.172 e. The minimum Gasteiger partial charge on any atom is -0.492 e. The van der Waals surface area contributed by atoms with Crippen molar-refractivity contribution in [2.45, 2.75) is 0 Å². The summed E-state index contributed by atoms with van der Waals surface area (Å²) in [6.45, 7) is 5.25. The fourth-order valence-corrected chi connectivity index (χ4v) is 2.62. The summed E-state index contributed by atoms with van der Waals surface area (Å²) in [7, 11) is 2.03. The van der Waals surface area contributed by atoms with Crippen LogP contribution in [0.25, 0.3) is 0 Å². The number of hydrogen-bond donors (Lipinski definition) is 1. The number of likely N-dealkylation sites (N-methyl/N-ethyl adjacent to an activating group) is 1. The Bertz CT molecular complexity index is 601. The van der Waals surface area contributed by atoms with E-state index in [1.807, 2.05) is 37.4 Å². The van der Waals surface area contributed by atoms with Gasteiger partial charge in [-0.2, -0.15) is 0 Å². The predicted molar refractivity (Wildman–Crippen MR) is 92.3 cm³/mol.